The Morgan fingerprint density at radius 2 is 1.88 bits per heavy atom. The quantitative estimate of drug-likeness (QED) is 0.845. The number of hydrogen-bond donors (Lipinski definition) is 1. The van der Waals surface area contributed by atoms with Crippen molar-refractivity contribution in [1.29, 1.82) is 0 Å². The van der Waals surface area contributed by atoms with Crippen molar-refractivity contribution in [3.63, 3.8) is 0 Å². The molecule has 2 saturated heterocycles. The number of piperidine rings is 2. The molecule has 0 bridgehead atoms. The van der Waals surface area contributed by atoms with Crippen LogP contribution in [0.15, 0.2) is 0 Å². The molecule has 1 amide bonds. The number of carboxylic acid groups (broad SMARTS) is 1. The SMILES string of the molecule is CC[C@@H]1C(=O)N2CC[C@@H]3C[C@H](OC)[C@@H](OC)C[C@@H]3[C@@H]2C[C@@H]1C(=O)O. The Morgan fingerprint density at radius 3 is 2.46 bits per heavy atom. The third kappa shape index (κ3) is 2.84. The van der Waals surface area contributed by atoms with E-state index < -0.39 is 11.9 Å². The molecule has 24 heavy (non-hydrogen) atoms. The maximum Gasteiger partial charge on any atom is 0.307 e. The molecule has 6 nitrogen and oxygen atoms in total. The number of methoxy groups -OCH3 is 2. The van der Waals surface area contributed by atoms with Crippen LogP contribution in [0.5, 0.6) is 0 Å². The number of ether oxygens (including phenoxy) is 2. The molecule has 3 fully saturated rings. The van der Waals surface area contributed by atoms with Gasteiger partial charge >= 0.3 is 5.97 Å². The highest BCUT2D eigenvalue weighted by Crippen LogP contribution is 2.46. The minimum absolute atomic E-state index is 0.0264. The van der Waals surface area contributed by atoms with E-state index in [1.807, 2.05) is 11.8 Å². The van der Waals surface area contributed by atoms with Crippen molar-refractivity contribution in [2.45, 2.75) is 57.3 Å². The maximum absolute atomic E-state index is 12.9. The number of fused-ring (bicyclic) bond motifs is 3. The van der Waals surface area contributed by atoms with Gasteiger partial charge in [-0.3, -0.25) is 9.59 Å². The lowest BCUT2D eigenvalue weighted by molar-refractivity contribution is -0.169. The van der Waals surface area contributed by atoms with Crippen molar-refractivity contribution in [3.05, 3.63) is 0 Å². The van der Waals surface area contributed by atoms with Gasteiger partial charge in [0.2, 0.25) is 5.91 Å². The Labute approximate surface area is 143 Å². The molecule has 1 aliphatic carbocycles. The third-order valence-corrected chi connectivity index (χ3v) is 6.64. The predicted octanol–water partition coefficient (Wildman–Crippen LogP) is 1.77. The molecule has 3 rings (SSSR count). The monoisotopic (exact) mass is 339 g/mol. The molecule has 6 heteroatoms. The van der Waals surface area contributed by atoms with Crippen LogP contribution in [0.25, 0.3) is 0 Å². The van der Waals surface area contributed by atoms with Gasteiger partial charge in [-0.05, 0) is 43.9 Å². The fraction of sp³-hybridized carbons (Fsp3) is 0.889. The van der Waals surface area contributed by atoms with E-state index in [0.29, 0.717) is 24.7 Å². The second-order valence-electron chi connectivity index (χ2n) is 7.53. The Balaban J connectivity index is 1.84. The van der Waals surface area contributed by atoms with Crippen LogP contribution in [-0.4, -0.2) is 60.9 Å². The van der Waals surface area contributed by atoms with Crippen LogP contribution in [-0.2, 0) is 19.1 Å². The molecule has 3 aliphatic rings. The zero-order chi connectivity index (χ0) is 17.4. The van der Waals surface area contributed by atoms with Crippen molar-refractivity contribution in [3.8, 4) is 0 Å². The molecule has 0 unspecified atom stereocenters. The van der Waals surface area contributed by atoms with Crippen LogP contribution in [0.3, 0.4) is 0 Å². The van der Waals surface area contributed by atoms with Crippen LogP contribution < -0.4 is 0 Å². The molecule has 0 radical (unpaired) electrons. The summed E-state index contributed by atoms with van der Waals surface area (Å²) < 4.78 is 11.2. The number of amides is 1. The molecule has 1 saturated carbocycles. The molecular weight excluding hydrogens is 310 g/mol. The van der Waals surface area contributed by atoms with Crippen LogP contribution in [0.1, 0.15) is 39.0 Å². The van der Waals surface area contributed by atoms with Crippen molar-refractivity contribution < 1.29 is 24.2 Å². The van der Waals surface area contributed by atoms with E-state index in [4.69, 9.17) is 9.47 Å². The van der Waals surface area contributed by atoms with Crippen molar-refractivity contribution >= 4 is 11.9 Å². The minimum atomic E-state index is -0.828. The molecular formula is C18H29NO5. The number of hydrogen-bond acceptors (Lipinski definition) is 4. The highest BCUT2D eigenvalue weighted by atomic mass is 16.5. The molecule has 0 spiro atoms. The van der Waals surface area contributed by atoms with Gasteiger partial charge in [-0.15, -0.1) is 0 Å². The molecule has 0 aromatic heterocycles. The van der Waals surface area contributed by atoms with Gasteiger partial charge in [-0.2, -0.15) is 0 Å². The van der Waals surface area contributed by atoms with E-state index in [-0.39, 0.29) is 30.1 Å². The Kier molecular flexibility index (Phi) is 5.16. The van der Waals surface area contributed by atoms with Crippen LogP contribution >= 0.6 is 0 Å². The van der Waals surface area contributed by atoms with E-state index in [0.717, 1.165) is 25.8 Å². The normalized spacial score (nSPS) is 42.4. The number of carbonyl (C=O) groups is 2. The fourth-order valence-corrected chi connectivity index (χ4v) is 5.36. The smallest absolute Gasteiger partial charge is 0.307 e. The predicted molar refractivity (Wildman–Crippen MR) is 87.4 cm³/mol. The highest BCUT2D eigenvalue weighted by molar-refractivity contribution is 5.86. The highest BCUT2D eigenvalue weighted by Gasteiger charge is 2.52. The molecule has 2 aliphatic heterocycles. The molecule has 7 atom stereocenters. The van der Waals surface area contributed by atoms with E-state index in [2.05, 4.69) is 0 Å². The second-order valence-corrected chi connectivity index (χ2v) is 7.53. The van der Waals surface area contributed by atoms with Gasteiger partial charge in [-0.25, -0.2) is 0 Å². The minimum Gasteiger partial charge on any atom is -0.481 e. The van der Waals surface area contributed by atoms with E-state index in [1.54, 1.807) is 14.2 Å². The lowest BCUT2D eigenvalue weighted by Gasteiger charge is -2.54. The summed E-state index contributed by atoms with van der Waals surface area (Å²) in [6.07, 6.45) is 4.06. The summed E-state index contributed by atoms with van der Waals surface area (Å²) in [5, 5.41) is 9.61. The van der Waals surface area contributed by atoms with Crippen LogP contribution in [0, 0.1) is 23.7 Å². The van der Waals surface area contributed by atoms with Crippen molar-refractivity contribution in [2.75, 3.05) is 20.8 Å². The summed E-state index contributed by atoms with van der Waals surface area (Å²) in [6.45, 7) is 2.66. The summed E-state index contributed by atoms with van der Waals surface area (Å²) in [6, 6.07) is 0.0376. The molecule has 136 valence electrons. The van der Waals surface area contributed by atoms with Gasteiger partial charge in [0, 0.05) is 26.8 Å². The first-order chi connectivity index (χ1) is 11.5. The van der Waals surface area contributed by atoms with Crippen molar-refractivity contribution in [2.24, 2.45) is 23.7 Å². The standard InChI is InChI=1S/C18H29NO5/c1-4-11-13(18(21)22)8-14-12-9-16(24-3)15(23-2)7-10(12)5-6-19(14)17(11)20/h10-16H,4-9H2,1-3H3,(H,21,22)/t10-,11+,12+,13+,14+,15+,16+/m1/s1. The van der Waals surface area contributed by atoms with Gasteiger partial charge < -0.3 is 19.5 Å². The summed E-state index contributed by atoms with van der Waals surface area (Å²) in [7, 11) is 3.43. The average molecular weight is 339 g/mol. The van der Waals surface area contributed by atoms with Crippen LogP contribution in [0.4, 0.5) is 0 Å². The van der Waals surface area contributed by atoms with Gasteiger partial charge in [0.05, 0.1) is 24.0 Å². The largest absolute Gasteiger partial charge is 0.481 e. The lowest BCUT2D eigenvalue weighted by atomic mass is 9.64. The molecule has 0 aromatic rings. The summed E-state index contributed by atoms with van der Waals surface area (Å²) >= 11 is 0. The molecule has 0 aromatic carbocycles. The Hall–Kier alpha value is -1.14. The number of aliphatic carboxylic acids is 1. The lowest BCUT2D eigenvalue weighted by Crippen LogP contribution is -2.61. The average Bonchev–Trinajstić information content (AvgIpc) is 2.59. The zero-order valence-electron chi connectivity index (χ0n) is 14.8. The first-order valence-corrected chi connectivity index (χ1v) is 9.10. The molecule has 2 heterocycles. The zero-order valence-corrected chi connectivity index (χ0v) is 14.8. The van der Waals surface area contributed by atoms with Gasteiger partial charge in [0.25, 0.3) is 0 Å². The fourth-order valence-electron chi connectivity index (χ4n) is 5.36. The number of rotatable bonds is 4. The third-order valence-electron chi connectivity index (χ3n) is 6.64. The van der Waals surface area contributed by atoms with E-state index in [1.165, 1.54) is 0 Å². The number of carbonyl (C=O) groups excluding carboxylic acids is 1. The van der Waals surface area contributed by atoms with Crippen LogP contribution in [0.2, 0.25) is 0 Å². The molecule has 1 N–H and O–H groups in total. The first-order valence-electron chi connectivity index (χ1n) is 9.10. The number of carboxylic acids is 1. The number of nitrogens with zero attached hydrogens (tertiary/aromatic N) is 1. The van der Waals surface area contributed by atoms with E-state index in [9.17, 15) is 14.7 Å². The first kappa shape index (κ1) is 17.7. The Bertz CT molecular complexity index is 496. The summed E-state index contributed by atoms with van der Waals surface area (Å²) in [4.78, 5) is 26.5. The maximum atomic E-state index is 12.9. The van der Waals surface area contributed by atoms with E-state index >= 15 is 0 Å². The second kappa shape index (κ2) is 7.00. The van der Waals surface area contributed by atoms with Gasteiger partial charge in [0.15, 0.2) is 0 Å². The van der Waals surface area contributed by atoms with Gasteiger partial charge in [0.1, 0.15) is 0 Å². The Morgan fingerprint density at radius 1 is 1.21 bits per heavy atom. The summed E-state index contributed by atoms with van der Waals surface area (Å²) in [5.41, 5.74) is 0. The van der Waals surface area contributed by atoms with Crippen molar-refractivity contribution in [1.82, 2.24) is 4.90 Å². The topological polar surface area (TPSA) is 76.1 Å². The summed E-state index contributed by atoms with van der Waals surface area (Å²) in [5.74, 6) is -0.900. The van der Waals surface area contributed by atoms with Gasteiger partial charge in [-0.1, -0.05) is 6.92 Å².